The highest BCUT2D eigenvalue weighted by Crippen LogP contribution is 2.34. The highest BCUT2D eigenvalue weighted by molar-refractivity contribution is 6.32. The van der Waals surface area contributed by atoms with Crippen molar-refractivity contribution in [2.24, 2.45) is 0 Å². The molecule has 24 heavy (non-hydrogen) atoms. The van der Waals surface area contributed by atoms with Crippen molar-refractivity contribution in [3.8, 4) is 17.6 Å². The Kier molecular flexibility index (Phi) is 5.78. The van der Waals surface area contributed by atoms with E-state index in [0.717, 1.165) is 0 Å². The van der Waals surface area contributed by atoms with Gasteiger partial charge in [0.05, 0.1) is 17.2 Å². The van der Waals surface area contributed by atoms with Crippen LogP contribution in [0.25, 0.3) is 4.85 Å². The van der Waals surface area contributed by atoms with E-state index < -0.39 is 12.0 Å². The largest absolute Gasteiger partial charge is 0.460 e. The minimum Gasteiger partial charge on any atom is -0.460 e. The molecule has 0 N–H and O–H groups in total. The van der Waals surface area contributed by atoms with Crippen molar-refractivity contribution in [3.63, 3.8) is 0 Å². The molecule has 0 aliphatic carbocycles. The summed E-state index contributed by atoms with van der Waals surface area (Å²) in [5, 5.41) is 9.87. The number of nitrogens with zero attached hydrogens (tertiary/aromatic N) is 2. The molecular formula is C18H13ClN2O3. The van der Waals surface area contributed by atoms with Crippen LogP contribution in [0.15, 0.2) is 42.5 Å². The molecule has 0 radical (unpaired) electrons. The standard InChI is InChI=1S/C18H13ClN2O3/c1-3-23-18(22)17(21-2)12-7-6-10-15(13(12)11-20)24-16-9-5-4-8-14(16)19/h4-10,17H,3H2,1H3. The molecule has 0 spiro atoms. The Labute approximate surface area is 144 Å². The second-order valence-electron chi connectivity index (χ2n) is 4.65. The van der Waals surface area contributed by atoms with Gasteiger partial charge in [0.15, 0.2) is 0 Å². The van der Waals surface area contributed by atoms with Crippen molar-refractivity contribution in [2.45, 2.75) is 13.0 Å². The predicted octanol–water partition coefficient (Wildman–Crippen LogP) is 4.53. The van der Waals surface area contributed by atoms with Crippen LogP contribution in [0, 0.1) is 17.9 Å². The first-order chi connectivity index (χ1) is 11.6. The maximum Gasteiger partial charge on any atom is 0.395 e. The molecule has 0 saturated heterocycles. The van der Waals surface area contributed by atoms with Crippen LogP contribution in [0.1, 0.15) is 24.1 Å². The van der Waals surface area contributed by atoms with Crippen LogP contribution in [-0.2, 0) is 9.53 Å². The number of carbonyl (C=O) groups is 1. The summed E-state index contributed by atoms with van der Waals surface area (Å²) in [4.78, 5) is 15.3. The quantitative estimate of drug-likeness (QED) is 0.592. The molecule has 0 saturated carbocycles. The highest BCUT2D eigenvalue weighted by Gasteiger charge is 2.31. The van der Waals surface area contributed by atoms with Gasteiger partial charge in [-0.05, 0) is 31.2 Å². The lowest BCUT2D eigenvalue weighted by atomic mass is 10.0. The van der Waals surface area contributed by atoms with Gasteiger partial charge < -0.3 is 9.47 Å². The van der Waals surface area contributed by atoms with Gasteiger partial charge in [0.25, 0.3) is 0 Å². The lowest BCUT2D eigenvalue weighted by Gasteiger charge is -2.12. The van der Waals surface area contributed by atoms with Crippen LogP contribution in [0.3, 0.4) is 0 Å². The van der Waals surface area contributed by atoms with Crippen molar-refractivity contribution in [1.82, 2.24) is 0 Å². The minimum absolute atomic E-state index is 0.103. The van der Waals surface area contributed by atoms with E-state index in [2.05, 4.69) is 4.85 Å². The maximum absolute atomic E-state index is 12.0. The second-order valence-corrected chi connectivity index (χ2v) is 5.06. The van der Waals surface area contributed by atoms with Crippen LogP contribution >= 0.6 is 11.6 Å². The zero-order valence-electron chi connectivity index (χ0n) is 12.8. The molecule has 0 amide bonds. The molecule has 2 aromatic carbocycles. The second kappa shape index (κ2) is 8.01. The third-order valence-corrected chi connectivity index (χ3v) is 3.47. The Hall–Kier alpha value is -3.02. The summed E-state index contributed by atoms with van der Waals surface area (Å²) in [5.41, 5.74) is 0.349. The van der Waals surface area contributed by atoms with Crippen molar-refractivity contribution in [1.29, 1.82) is 5.26 Å². The van der Waals surface area contributed by atoms with Gasteiger partial charge in [-0.15, -0.1) is 0 Å². The van der Waals surface area contributed by atoms with Crippen LogP contribution in [0.2, 0.25) is 5.02 Å². The van der Waals surface area contributed by atoms with E-state index in [0.29, 0.717) is 10.8 Å². The number of nitriles is 1. The maximum atomic E-state index is 12.0. The highest BCUT2D eigenvalue weighted by atomic mass is 35.5. The number of hydrogen-bond acceptors (Lipinski definition) is 4. The zero-order chi connectivity index (χ0) is 17.5. The van der Waals surface area contributed by atoms with Crippen LogP contribution in [0.5, 0.6) is 11.5 Å². The number of carbonyl (C=O) groups excluding carboxylic acids is 1. The van der Waals surface area contributed by atoms with E-state index in [4.69, 9.17) is 27.6 Å². The molecule has 0 fully saturated rings. The van der Waals surface area contributed by atoms with Crippen molar-refractivity contribution >= 4 is 17.6 Å². The third kappa shape index (κ3) is 3.65. The molecule has 2 aromatic rings. The average Bonchev–Trinajstić information content (AvgIpc) is 2.58. The Morgan fingerprint density at radius 2 is 2.00 bits per heavy atom. The summed E-state index contributed by atoms with van der Waals surface area (Å²) in [7, 11) is 0. The first kappa shape index (κ1) is 17.3. The topological polar surface area (TPSA) is 63.7 Å². The normalized spacial score (nSPS) is 11.0. The molecule has 5 nitrogen and oxygen atoms in total. The van der Waals surface area contributed by atoms with Crippen molar-refractivity contribution in [2.75, 3.05) is 6.61 Å². The van der Waals surface area contributed by atoms with Gasteiger partial charge in [0, 0.05) is 0 Å². The monoisotopic (exact) mass is 340 g/mol. The molecule has 0 aliphatic rings. The Morgan fingerprint density at radius 1 is 1.29 bits per heavy atom. The number of hydrogen-bond donors (Lipinski definition) is 0. The van der Waals surface area contributed by atoms with E-state index >= 15 is 0 Å². The van der Waals surface area contributed by atoms with E-state index in [1.165, 1.54) is 6.07 Å². The molecule has 120 valence electrons. The molecule has 0 heterocycles. The smallest absolute Gasteiger partial charge is 0.395 e. The van der Waals surface area contributed by atoms with Crippen molar-refractivity contribution in [3.05, 3.63) is 70.0 Å². The van der Waals surface area contributed by atoms with Gasteiger partial charge in [-0.1, -0.05) is 29.8 Å². The molecule has 1 atom stereocenters. The fourth-order valence-electron chi connectivity index (χ4n) is 2.10. The lowest BCUT2D eigenvalue weighted by molar-refractivity contribution is -0.143. The van der Waals surface area contributed by atoms with Gasteiger partial charge in [0.1, 0.15) is 23.1 Å². The third-order valence-electron chi connectivity index (χ3n) is 3.16. The summed E-state index contributed by atoms with van der Waals surface area (Å²) in [6, 6.07) is 12.3. The number of ether oxygens (including phenoxy) is 2. The van der Waals surface area contributed by atoms with E-state index in [1.54, 1.807) is 43.3 Å². The number of halogens is 1. The fraction of sp³-hybridized carbons (Fsp3) is 0.167. The average molecular weight is 341 g/mol. The van der Waals surface area contributed by atoms with E-state index in [9.17, 15) is 10.1 Å². The van der Waals surface area contributed by atoms with Crippen LogP contribution in [0.4, 0.5) is 0 Å². The van der Waals surface area contributed by atoms with Crippen LogP contribution in [-0.4, -0.2) is 12.6 Å². The lowest BCUT2D eigenvalue weighted by Crippen LogP contribution is -2.14. The minimum atomic E-state index is -1.21. The fourth-order valence-corrected chi connectivity index (χ4v) is 2.27. The van der Waals surface area contributed by atoms with E-state index in [1.807, 2.05) is 6.07 Å². The summed E-state index contributed by atoms with van der Waals surface area (Å²) >= 11 is 6.06. The summed E-state index contributed by atoms with van der Waals surface area (Å²) < 4.78 is 10.6. The number of esters is 1. The molecule has 1 unspecified atom stereocenters. The molecule has 0 bridgehead atoms. The number of rotatable bonds is 5. The predicted molar refractivity (Wildman–Crippen MR) is 88.7 cm³/mol. The Bertz CT molecular complexity index is 837. The summed E-state index contributed by atoms with van der Waals surface area (Å²) in [6.07, 6.45) is 0. The summed E-state index contributed by atoms with van der Waals surface area (Å²) in [6.45, 7) is 9.07. The Balaban J connectivity index is 2.46. The number of para-hydroxylation sites is 1. The van der Waals surface area contributed by atoms with Crippen LogP contribution < -0.4 is 4.74 Å². The molecular weight excluding hydrogens is 328 g/mol. The van der Waals surface area contributed by atoms with E-state index in [-0.39, 0.29) is 23.5 Å². The van der Waals surface area contributed by atoms with Gasteiger partial charge >= 0.3 is 12.0 Å². The Morgan fingerprint density at radius 3 is 2.62 bits per heavy atom. The first-order valence-corrected chi connectivity index (χ1v) is 7.48. The number of benzene rings is 2. The summed E-state index contributed by atoms with van der Waals surface area (Å²) in [5.74, 6) is -0.0942. The van der Waals surface area contributed by atoms with Gasteiger partial charge in [-0.3, -0.25) is 4.85 Å². The zero-order valence-corrected chi connectivity index (χ0v) is 13.6. The van der Waals surface area contributed by atoms with Crippen molar-refractivity contribution < 1.29 is 14.3 Å². The van der Waals surface area contributed by atoms with Gasteiger partial charge in [0.2, 0.25) is 0 Å². The molecule has 0 aromatic heterocycles. The van der Waals surface area contributed by atoms with Gasteiger partial charge in [-0.2, -0.15) is 5.26 Å². The molecule has 2 rings (SSSR count). The SMILES string of the molecule is [C-]#[N+]C(C(=O)OCC)c1cccc(Oc2ccccc2Cl)c1C#N. The first-order valence-electron chi connectivity index (χ1n) is 7.11. The molecule has 0 aliphatic heterocycles. The molecule has 6 heteroatoms. The van der Waals surface area contributed by atoms with Gasteiger partial charge in [-0.25, -0.2) is 11.4 Å².